The van der Waals surface area contributed by atoms with Crippen molar-refractivity contribution in [2.75, 3.05) is 31.2 Å². The zero-order valence-electron chi connectivity index (χ0n) is 10.1. The highest BCUT2D eigenvalue weighted by Gasteiger charge is 2.16. The summed E-state index contributed by atoms with van der Waals surface area (Å²) in [5.74, 6) is 2.48. The highest BCUT2D eigenvalue weighted by molar-refractivity contribution is 5.50. The first-order chi connectivity index (χ1) is 8.24. The Morgan fingerprint density at radius 2 is 1.88 bits per heavy atom. The summed E-state index contributed by atoms with van der Waals surface area (Å²) in [7, 11) is 0. The lowest BCUT2D eigenvalue weighted by molar-refractivity contribution is 0.478. The van der Waals surface area contributed by atoms with E-state index in [1.807, 2.05) is 20.0 Å². The lowest BCUT2D eigenvalue weighted by atomic mass is 10.4. The lowest BCUT2D eigenvalue weighted by Crippen LogP contribution is -2.49. The minimum atomic E-state index is 0.742. The number of aromatic nitrogens is 4. The van der Waals surface area contributed by atoms with Crippen LogP contribution in [0.1, 0.15) is 11.6 Å². The molecular formula is C11H16N6. The number of nitrogens with zero attached hydrogens (tertiary/aromatic N) is 5. The van der Waals surface area contributed by atoms with E-state index in [1.54, 1.807) is 0 Å². The van der Waals surface area contributed by atoms with E-state index in [0.717, 1.165) is 49.3 Å². The highest BCUT2D eigenvalue weighted by atomic mass is 15.6. The highest BCUT2D eigenvalue weighted by Crippen LogP contribution is 2.16. The first kappa shape index (κ1) is 10.5. The Kier molecular flexibility index (Phi) is 2.44. The van der Waals surface area contributed by atoms with Gasteiger partial charge in [0, 0.05) is 26.2 Å². The van der Waals surface area contributed by atoms with Crippen molar-refractivity contribution in [2.24, 2.45) is 0 Å². The predicted molar refractivity (Wildman–Crippen MR) is 64.7 cm³/mol. The Hall–Kier alpha value is -1.69. The molecule has 17 heavy (non-hydrogen) atoms. The Balaban J connectivity index is 2.03. The van der Waals surface area contributed by atoms with Crippen molar-refractivity contribution in [2.45, 2.75) is 13.8 Å². The van der Waals surface area contributed by atoms with Crippen LogP contribution in [0, 0.1) is 13.8 Å². The third-order valence-corrected chi connectivity index (χ3v) is 3.02. The summed E-state index contributed by atoms with van der Waals surface area (Å²) in [5.41, 5.74) is 0.867. The molecule has 90 valence electrons. The molecule has 1 fully saturated rings. The van der Waals surface area contributed by atoms with Gasteiger partial charge in [-0.2, -0.15) is 0 Å². The summed E-state index contributed by atoms with van der Waals surface area (Å²) in [6.07, 6.45) is 2.03. The zero-order valence-corrected chi connectivity index (χ0v) is 10.1. The smallest absolute Gasteiger partial charge is 0.183 e. The van der Waals surface area contributed by atoms with Crippen molar-refractivity contribution in [3.05, 3.63) is 17.8 Å². The quantitative estimate of drug-likeness (QED) is 0.746. The maximum Gasteiger partial charge on any atom is 0.183 e. The number of aryl methyl sites for hydroxylation is 2. The average molecular weight is 232 g/mol. The van der Waals surface area contributed by atoms with Gasteiger partial charge in [0.2, 0.25) is 0 Å². The standard InChI is InChI=1S/C11H16N6/c1-8-13-10-7-17(9(2)15-11(10)14-8)16-5-3-12-4-6-16/h7,12H,3-6H2,1-2H3. The fourth-order valence-corrected chi connectivity index (χ4v) is 2.20. The number of imidazole rings is 1. The normalized spacial score (nSPS) is 16.7. The molecule has 0 amide bonds. The second kappa shape index (κ2) is 3.96. The molecule has 0 unspecified atom stereocenters. The van der Waals surface area contributed by atoms with Crippen LogP contribution in [0.4, 0.5) is 0 Å². The molecule has 0 aliphatic carbocycles. The SMILES string of the molecule is Cc1nc2cn(N3CCNCC3)c(C)nc-2n1. The summed E-state index contributed by atoms with van der Waals surface area (Å²) in [4.78, 5) is 13.2. The van der Waals surface area contributed by atoms with Crippen LogP contribution in [0.15, 0.2) is 6.20 Å². The molecular weight excluding hydrogens is 216 g/mol. The molecule has 0 spiro atoms. The van der Waals surface area contributed by atoms with Crippen molar-refractivity contribution in [1.29, 1.82) is 0 Å². The number of fused-ring (bicyclic) bond motifs is 1. The molecule has 6 nitrogen and oxygen atoms in total. The molecule has 0 saturated carbocycles. The van der Waals surface area contributed by atoms with Gasteiger partial charge in [-0.15, -0.1) is 0 Å². The van der Waals surface area contributed by atoms with Gasteiger partial charge >= 0.3 is 0 Å². The molecule has 0 atom stereocenters. The fraction of sp³-hybridized carbons (Fsp3) is 0.545. The molecule has 0 aromatic heterocycles. The van der Waals surface area contributed by atoms with E-state index < -0.39 is 0 Å². The molecule has 0 radical (unpaired) electrons. The van der Waals surface area contributed by atoms with Gasteiger partial charge in [-0.05, 0) is 13.8 Å². The van der Waals surface area contributed by atoms with E-state index in [2.05, 4.69) is 30.0 Å². The fourth-order valence-electron chi connectivity index (χ4n) is 2.20. The first-order valence-corrected chi connectivity index (χ1v) is 5.90. The van der Waals surface area contributed by atoms with Crippen LogP contribution in [0.3, 0.4) is 0 Å². The van der Waals surface area contributed by atoms with Gasteiger partial charge in [0.15, 0.2) is 5.82 Å². The third kappa shape index (κ3) is 1.84. The van der Waals surface area contributed by atoms with E-state index >= 15 is 0 Å². The molecule has 3 aliphatic heterocycles. The van der Waals surface area contributed by atoms with Gasteiger partial charge in [-0.3, -0.25) is 0 Å². The Labute approximate surface area is 100 Å². The molecule has 1 saturated heterocycles. The van der Waals surface area contributed by atoms with Crippen molar-refractivity contribution < 1.29 is 0 Å². The molecule has 3 heterocycles. The van der Waals surface area contributed by atoms with E-state index in [-0.39, 0.29) is 0 Å². The summed E-state index contributed by atoms with van der Waals surface area (Å²) in [6.45, 7) is 7.90. The zero-order chi connectivity index (χ0) is 11.8. The van der Waals surface area contributed by atoms with Gasteiger partial charge < -0.3 is 10.3 Å². The van der Waals surface area contributed by atoms with Gasteiger partial charge in [0.25, 0.3) is 0 Å². The van der Waals surface area contributed by atoms with Gasteiger partial charge in [-0.1, -0.05) is 0 Å². The van der Waals surface area contributed by atoms with E-state index in [0.29, 0.717) is 0 Å². The number of piperazine rings is 1. The van der Waals surface area contributed by atoms with Crippen LogP contribution in [0.2, 0.25) is 0 Å². The van der Waals surface area contributed by atoms with Gasteiger partial charge in [0.05, 0.1) is 6.20 Å². The largest absolute Gasteiger partial charge is 0.313 e. The van der Waals surface area contributed by atoms with E-state index in [1.165, 1.54) is 0 Å². The third-order valence-electron chi connectivity index (χ3n) is 3.02. The summed E-state index contributed by atoms with van der Waals surface area (Å²) < 4.78 is 2.09. The monoisotopic (exact) mass is 232 g/mol. The number of nitrogens with one attached hydrogen (secondary N) is 1. The van der Waals surface area contributed by atoms with Crippen molar-refractivity contribution >= 4 is 0 Å². The average Bonchev–Trinajstić information content (AvgIpc) is 2.68. The maximum atomic E-state index is 4.50. The minimum Gasteiger partial charge on any atom is -0.313 e. The molecule has 0 aromatic rings. The van der Waals surface area contributed by atoms with Crippen molar-refractivity contribution in [3.8, 4) is 11.5 Å². The number of hydrogen-bond donors (Lipinski definition) is 1. The van der Waals surface area contributed by atoms with E-state index in [9.17, 15) is 0 Å². The summed E-state index contributed by atoms with van der Waals surface area (Å²) >= 11 is 0. The van der Waals surface area contributed by atoms with Gasteiger partial charge in [0.1, 0.15) is 17.3 Å². The maximum absolute atomic E-state index is 4.50. The van der Waals surface area contributed by atoms with Gasteiger partial charge in [-0.25, -0.2) is 19.6 Å². The Morgan fingerprint density at radius 1 is 1.12 bits per heavy atom. The molecule has 1 N–H and O–H groups in total. The van der Waals surface area contributed by atoms with Crippen molar-refractivity contribution in [1.82, 2.24) is 24.9 Å². The topological polar surface area (TPSA) is 58.9 Å². The van der Waals surface area contributed by atoms with E-state index in [4.69, 9.17) is 0 Å². The van der Waals surface area contributed by atoms with Crippen molar-refractivity contribution in [3.63, 3.8) is 0 Å². The number of rotatable bonds is 1. The van der Waals surface area contributed by atoms with Crippen LogP contribution < -0.4 is 10.3 Å². The van der Waals surface area contributed by atoms with Crippen LogP contribution >= 0.6 is 0 Å². The summed E-state index contributed by atoms with van der Waals surface area (Å²) in [6, 6.07) is 0. The molecule has 0 bridgehead atoms. The Bertz CT molecular complexity index is 499. The first-order valence-electron chi connectivity index (χ1n) is 5.90. The Morgan fingerprint density at radius 3 is 2.65 bits per heavy atom. The van der Waals surface area contributed by atoms with Crippen LogP contribution in [0.25, 0.3) is 11.5 Å². The summed E-state index contributed by atoms with van der Waals surface area (Å²) in [5, 5.41) is 5.62. The predicted octanol–water partition coefficient (Wildman–Crippen LogP) is -0.0641. The molecule has 6 heteroatoms. The molecule has 3 aliphatic rings. The van der Waals surface area contributed by atoms with Crippen LogP contribution in [0.5, 0.6) is 0 Å². The van der Waals surface area contributed by atoms with Crippen LogP contribution in [-0.2, 0) is 0 Å². The molecule has 3 rings (SSSR count). The lowest BCUT2D eigenvalue weighted by Gasteiger charge is -2.32. The second-order valence-corrected chi connectivity index (χ2v) is 4.32. The van der Waals surface area contributed by atoms with Crippen LogP contribution in [-0.4, -0.2) is 45.8 Å². The number of hydrogen-bond acceptors (Lipinski definition) is 5. The molecule has 0 aromatic carbocycles. The minimum absolute atomic E-state index is 0.742. The second-order valence-electron chi connectivity index (χ2n) is 4.32.